The zero-order valence-corrected chi connectivity index (χ0v) is 59.8. The third kappa shape index (κ3) is 13.4. The van der Waals surface area contributed by atoms with Crippen LogP contribution in [0.3, 0.4) is 0 Å². The summed E-state index contributed by atoms with van der Waals surface area (Å²) in [5.41, 5.74) is 22.3. The first-order valence-corrected chi connectivity index (χ1v) is 37.7. The number of hydrogen-bond donors (Lipinski definition) is 6. The molecule has 5 aliphatic heterocycles. The SMILES string of the molecule is C[C@@H]1CCC[C@H](c2ccc3ccccc3c2C[C@H](O)c2ccc([C@H]3CC[C@@H]4CC[C@H]([C@@]5(N=C(N)N)Oc6ccc7c(c6)CC[C@H](C)[C@@H]7C[C@@H](S(=O)(=O)[O-])[C@H]6C=C7C[C@H](C[C@H]8C[C@@H](CO)CC#Cc9cc(O)ccc9[C@@H]7O8)[C@@H]6c6ccc5cc6)[C@@H](Cc5ccccc5)[C@]4(O)C3)cc2)C1.[Na+]. The van der Waals surface area contributed by atoms with E-state index in [9.17, 15) is 33.4 Å². The normalized spacial score (nSPS) is 32.2. The topological polar surface area (TPSA) is 221 Å². The van der Waals surface area contributed by atoms with E-state index in [-0.39, 0.29) is 95.9 Å². The molecule has 3 saturated carbocycles. The van der Waals surface area contributed by atoms with Crippen LogP contribution in [-0.2, 0) is 39.8 Å². The summed E-state index contributed by atoms with van der Waals surface area (Å²) in [6, 6.07) is 51.7. The molecule has 12 nitrogen and oxygen atoms in total. The zero-order chi connectivity index (χ0) is 66.9. The molecule has 0 spiro atoms. The molecule has 14 heteroatoms. The van der Waals surface area contributed by atoms with Crippen LogP contribution in [-0.4, -0.2) is 62.9 Å². The van der Waals surface area contributed by atoms with Gasteiger partial charge < -0.3 is 45.9 Å². The number of allylic oxidation sites excluding steroid dienone is 1. The van der Waals surface area contributed by atoms with E-state index in [0.29, 0.717) is 92.9 Å². The van der Waals surface area contributed by atoms with Crippen molar-refractivity contribution in [3.8, 4) is 23.3 Å². The zero-order valence-electron chi connectivity index (χ0n) is 57.0. The Morgan fingerprint density at radius 3 is 2.32 bits per heavy atom. The summed E-state index contributed by atoms with van der Waals surface area (Å²) in [4.78, 5) is 5.39. The summed E-state index contributed by atoms with van der Waals surface area (Å²) >= 11 is 0. The first-order chi connectivity index (χ1) is 46.9. The van der Waals surface area contributed by atoms with Gasteiger partial charge in [-0.15, -0.1) is 0 Å². The molecule has 1 saturated heterocycles. The van der Waals surface area contributed by atoms with Crippen LogP contribution in [0.15, 0.2) is 168 Å². The molecular formula is C84H94N3NaO9S. The monoisotopic (exact) mass is 1340 g/mol. The smallest absolute Gasteiger partial charge is 0.748 e. The minimum atomic E-state index is -4.98. The summed E-state index contributed by atoms with van der Waals surface area (Å²) in [7, 11) is -4.98. The van der Waals surface area contributed by atoms with Gasteiger partial charge in [-0.2, -0.15) is 0 Å². The number of guanidine groups is 1. The van der Waals surface area contributed by atoms with Crippen LogP contribution >= 0.6 is 0 Å². The van der Waals surface area contributed by atoms with Crippen LogP contribution in [0.5, 0.6) is 11.5 Å². The fourth-order valence-electron chi connectivity index (χ4n) is 20.3. The van der Waals surface area contributed by atoms with Crippen molar-refractivity contribution in [1.29, 1.82) is 0 Å². The van der Waals surface area contributed by atoms with Gasteiger partial charge in [0.1, 0.15) is 17.6 Å². The average molecular weight is 1340 g/mol. The number of aryl methyl sites for hydroxylation is 1. The minimum absolute atomic E-state index is 0. The third-order valence-corrected chi connectivity index (χ3v) is 26.3. The first kappa shape index (κ1) is 68.8. The van der Waals surface area contributed by atoms with Gasteiger partial charge in [0.2, 0.25) is 5.72 Å². The number of nitrogens with two attached hydrogens (primary N) is 2. The van der Waals surface area contributed by atoms with Crippen LogP contribution < -0.4 is 45.8 Å². The maximum absolute atomic E-state index is 14.5. The molecular weight excluding hydrogens is 1250 g/mol. The number of phenolic OH excluding ortho intramolecular Hbond substituents is 1. The van der Waals surface area contributed by atoms with Gasteiger partial charge in [0.05, 0.1) is 33.2 Å². The molecule has 5 heterocycles. The number of aliphatic imine (C=N–C) groups is 1. The van der Waals surface area contributed by atoms with E-state index in [2.05, 4.69) is 141 Å². The van der Waals surface area contributed by atoms with E-state index >= 15 is 0 Å². The largest absolute Gasteiger partial charge is 1.00 e. The predicted molar refractivity (Wildman–Crippen MR) is 380 cm³/mol. The second-order valence-electron chi connectivity index (χ2n) is 30.8. The summed E-state index contributed by atoms with van der Waals surface area (Å²) in [6.07, 6.45) is 13.4. The molecule has 4 fully saturated rings. The molecule has 98 heavy (non-hydrogen) atoms. The number of aliphatic hydroxyl groups is 3. The number of ether oxygens (including phenoxy) is 2. The first-order valence-electron chi connectivity index (χ1n) is 36.2. The number of nitrogens with zero attached hydrogens (tertiary/aromatic N) is 1. The van der Waals surface area contributed by atoms with E-state index in [1.165, 1.54) is 47.6 Å². The Kier molecular flexibility index (Phi) is 19.9. The Labute approximate surface area is 601 Å². The second kappa shape index (κ2) is 28.3. The van der Waals surface area contributed by atoms with Crippen molar-refractivity contribution in [2.24, 2.45) is 63.8 Å². The standard InChI is InChI=1S/C84H95N3O9S.Na/c1-50-10-8-15-58(38-50)71-34-27-55-14-6-7-17-69(55)74(71)46-78(90)56-22-20-54(21-23-56)61-26-28-64-31-37-76(77(83(64,91)48-61)40-52-11-4-3-5-12-52)84(87-82(85)86)65-29-24-57(25-30-65)80-62-41-63(81-72-35-32-66(89)42-59(72)16-9-13-53(49-88)39-68(44-62)95-81)45-75(80)79(97(92,93)94)47-73-51(2)18-19-60-43-67(96-84)33-36-70(60)73;/h3-7,11-12,14,17,20-25,27,29-30,32-36,42-43,45,50-51,53,58,61-62,64,68,73,75-81,88-91H,8,10,13,15,18-19,26,28,31,37-41,44,46-49H2,1-2H3,(H4,85,86,87)(H,92,93,94);/q;+1/p-1/t50-,51+,53+,58+,61+,62-,64-,68-,73+,75-,76+,77-,78+,79-,80+,81-,83+,84+;/m1./s1. The molecule has 0 amide bonds. The molecule has 10 aliphatic rings. The molecule has 10 bridgehead atoms. The molecule has 506 valence electrons. The van der Waals surface area contributed by atoms with E-state index in [1.807, 2.05) is 30.3 Å². The summed E-state index contributed by atoms with van der Waals surface area (Å²) in [6.45, 7) is 4.45. The minimum Gasteiger partial charge on any atom is -0.748 e. The van der Waals surface area contributed by atoms with Crippen molar-refractivity contribution >= 4 is 26.9 Å². The van der Waals surface area contributed by atoms with Crippen molar-refractivity contribution in [2.45, 2.75) is 188 Å². The van der Waals surface area contributed by atoms with Crippen molar-refractivity contribution in [3.63, 3.8) is 0 Å². The van der Waals surface area contributed by atoms with Gasteiger partial charge in [-0.05, 0) is 234 Å². The Morgan fingerprint density at radius 2 is 1.54 bits per heavy atom. The predicted octanol–water partition coefficient (Wildman–Crippen LogP) is 12.1. The van der Waals surface area contributed by atoms with Gasteiger partial charge in [0.25, 0.3) is 0 Å². The van der Waals surface area contributed by atoms with E-state index in [0.717, 1.165) is 63.8 Å². The van der Waals surface area contributed by atoms with Gasteiger partial charge in [-0.3, -0.25) is 0 Å². The number of hydrogen-bond acceptors (Lipinski definition) is 10. The van der Waals surface area contributed by atoms with Gasteiger partial charge in [-0.1, -0.05) is 172 Å². The summed E-state index contributed by atoms with van der Waals surface area (Å²) in [5, 5.41) is 49.3. The van der Waals surface area contributed by atoms with E-state index in [1.54, 1.807) is 12.1 Å². The van der Waals surface area contributed by atoms with Crippen LogP contribution in [0.1, 0.15) is 207 Å². The van der Waals surface area contributed by atoms with Gasteiger partial charge in [-0.25, -0.2) is 13.4 Å². The van der Waals surface area contributed by atoms with Crippen LogP contribution in [0.4, 0.5) is 0 Å². The van der Waals surface area contributed by atoms with Crippen molar-refractivity contribution in [2.75, 3.05) is 6.61 Å². The number of fused-ring (bicyclic) bond motifs is 10. The van der Waals surface area contributed by atoms with E-state index < -0.39 is 62.6 Å². The Hall–Kier alpha value is -6.28. The summed E-state index contributed by atoms with van der Waals surface area (Å²) < 4.78 is 58.6. The van der Waals surface area contributed by atoms with Gasteiger partial charge in [0.15, 0.2) is 5.96 Å². The molecule has 18 atom stereocenters. The number of aliphatic hydroxyl groups excluding tert-OH is 2. The Morgan fingerprint density at radius 1 is 0.786 bits per heavy atom. The van der Waals surface area contributed by atoms with Crippen LogP contribution in [0, 0.1) is 59.2 Å². The molecule has 5 aliphatic carbocycles. The van der Waals surface area contributed by atoms with Gasteiger partial charge in [0, 0.05) is 48.0 Å². The second-order valence-corrected chi connectivity index (χ2v) is 32.4. The van der Waals surface area contributed by atoms with E-state index in [4.69, 9.17) is 25.9 Å². The number of phenols is 1. The number of benzene rings is 7. The molecule has 0 radical (unpaired) electrons. The average Bonchev–Trinajstić information content (AvgIpc) is 0.907. The molecule has 8 N–H and O–H groups in total. The van der Waals surface area contributed by atoms with Crippen molar-refractivity contribution in [3.05, 3.63) is 225 Å². The van der Waals surface area contributed by atoms with Crippen LogP contribution in [0.2, 0.25) is 0 Å². The van der Waals surface area contributed by atoms with Crippen molar-refractivity contribution < 1.29 is 72.4 Å². The molecule has 7 aromatic rings. The summed E-state index contributed by atoms with van der Waals surface area (Å²) in [5.74, 6) is 5.39. The molecule has 0 aromatic heterocycles. The quantitative estimate of drug-likeness (QED) is 0.0179. The third-order valence-electron chi connectivity index (χ3n) is 25.0. The molecule has 0 unspecified atom stereocenters. The fraction of sp³-hybridized carbons (Fsp3) is 0.464. The molecule has 7 aromatic carbocycles. The maximum Gasteiger partial charge on any atom is 1.00 e. The van der Waals surface area contributed by atoms with Crippen LogP contribution in [0.25, 0.3) is 10.8 Å². The van der Waals surface area contributed by atoms with Crippen molar-refractivity contribution in [1.82, 2.24) is 0 Å². The Bertz CT molecular complexity index is 4300. The molecule has 17 rings (SSSR count). The number of aromatic hydroxyl groups is 1. The Balaban J connectivity index is 0.00000821. The van der Waals surface area contributed by atoms with Gasteiger partial charge >= 0.3 is 29.6 Å². The number of rotatable bonds is 11. The fourth-order valence-corrected chi connectivity index (χ4v) is 21.4. The maximum atomic E-state index is 14.5.